The van der Waals surface area contributed by atoms with Crippen LogP contribution in [-0.2, 0) is 4.79 Å². The third-order valence-electron chi connectivity index (χ3n) is 4.11. The fourth-order valence-corrected chi connectivity index (χ4v) is 2.86. The van der Waals surface area contributed by atoms with E-state index in [1.807, 2.05) is 24.0 Å². The molecule has 1 amide bonds. The standard InChI is InChI=1S/C17H20N4O2/c1-12-15(6-3-7-18-12)23-17-16(19-8-9-20-17)14-5-4-10-21(11-14)13(2)22/h3,6-9,14H,4-5,10-11H2,1-2H3. The van der Waals surface area contributed by atoms with Crippen molar-refractivity contribution in [2.45, 2.75) is 32.6 Å². The van der Waals surface area contributed by atoms with Crippen LogP contribution in [0.3, 0.4) is 0 Å². The summed E-state index contributed by atoms with van der Waals surface area (Å²) < 4.78 is 5.95. The number of aromatic nitrogens is 3. The van der Waals surface area contributed by atoms with Crippen molar-refractivity contribution in [3.63, 3.8) is 0 Å². The lowest BCUT2D eigenvalue weighted by Crippen LogP contribution is -2.38. The van der Waals surface area contributed by atoms with E-state index in [-0.39, 0.29) is 11.8 Å². The maximum absolute atomic E-state index is 11.6. The molecule has 1 fully saturated rings. The average Bonchev–Trinajstić information content (AvgIpc) is 2.57. The van der Waals surface area contributed by atoms with E-state index in [0.29, 0.717) is 18.2 Å². The molecule has 0 aromatic carbocycles. The van der Waals surface area contributed by atoms with Crippen LogP contribution in [0.2, 0.25) is 0 Å². The SMILES string of the molecule is CC(=O)N1CCCC(c2nccnc2Oc2cccnc2C)C1. The van der Waals surface area contributed by atoms with Crippen molar-refractivity contribution in [2.24, 2.45) is 0 Å². The molecule has 0 N–H and O–H groups in total. The number of pyridine rings is 1. The molecule has 1 unspecified atom stereocenters. The molecule has 0 radical (unpaired) electrons. The Balaban J connectivity index is 1.86. The molecule has 0 spiro atoms. The molecule has 1 aliphatic heterocycles. The highest BCUT2D eigenvalue weighted by molar-refractivity contribution is 5.73. The number of hydrogen-bond donors (Lipinski definition) is 0. The highest BCUT2D eigenvalue weighted by Crippen LogP contribution is 2.33. The largest absolute Gasteiger partial charge is 0.435 e. The van der Waals surface area contributed by atoms with Crippen LogP contribution >= 0.6 is 0 Å². The molecule has 120 valence electrons. The zero-order valence-corrected chi connectivity index (χ0v) is 13.4. The zero-order chi connectivity index (χ0) is 16.2. The van der Waals surface area contributed by atoms with Crippen LogP contribution in [-0.4, -0.2) is 38.8 Å². The Morgan fingerprint density at radius 2 is 2.09 bits per heavy atom. The van der Waals surface area contributed by atoms with Crippen LogP contribution in [0.25, 0.3) is 0 Å². The molecule has 0 saturated carbocycles. The highest BCUT2D eigenvalue weighted by atomic mass is 16.5. The van der Waals surface area contributed by atoms with Gasteiger partial charge < -0.3 is 9.64 Å². The number of rotatable bonds is 3. The van der Waals surface area contributed by atoms with Gasteiger partial charge in [0, 0.05) is 44.5 Å². The predicted octanol–water partition coefficient (Wildman–Crippen LogP) is 2.70. The minimum absolute atomic E-state index is 0.101. The second-order valence-electron chi connectivity index (χ2n) is 5.74. The van der Waals surface area contributed by atoms with Crippen molar-refractivity contribution in [1.29, 1.82) is 0 Å². The predicted molar refractivity (Wildman–Crippen MR) is 85.3 cm³/mol. The van der Waals surface area contributed by atoms with Crippen LogP contribution in [0.4, 0.5) is 0 Å². The molecule has 6 heteroatoms. The average molecular weight is 312 g/mol. The van der Waals surface area contributed by atoms with Gasteiger partial charge in [-0.2, -0.15) is 0 Å². The first kappa shape index (κ1) is 15.4. The minimum Gasteiger partial charge on any atom is -0.435 e. The van der Waals surface area contributed by atoms with Crippen LogP contribution in [0.15, 0.2) is 30.7 Å². The van der Waals surface area contributed by atoms with E-state index in [4.69, 9.17) is 4.74 Å². The van der Waals surface area contributed by atoms with Crippen molar-refractivity contribution < 1.29 is 9.53 Å². The minimum atomic E-state index is 0.101. The van der Waals surface area contributed by atoms with E-state index in [0.717, 1.165) is 30.8 Å². The fourth-order valence-electron chi connectivity index (χ4n) is 2.86. The monoisotopic (exact) mass is 312 g/mol. The highest BCUT2D eigenvalue weighted by Gasteiger charge is 2.27. The van der Waals surface area contributed by atoms with Crippen molar-refractivity contribution >= 4 is 5.91 Å². The smallest absolute Gasteiger partial charge is 0.241 e. The summed E-state index contributed by atoms with van der Waals surface area (Å²) in [6.45, 7) is 4.97. The van der Waals surface area contributed by atoms with Gasteiger partial charge in [-0.05, 0) is 31.9 Å². The number of amides is 1. The Kier molecular flexibility index (Phi) is 4.50. The third-order valence-corrected chi connectivity index (χ3v) is 4.11. The van der Waals surface area contributed by atoms with Crippen molar-refractivity contribution in [3.8, 4) is 11.6 Å². The number of piperidine rings is 1. The van der Waals surface area contributed by atoms with Crippen LogP contribution in [0.1, 0.15) is 37.1 Å². The van der Waals surface area contributed by atoms with Crippen molar-refractivity contribution in [3.05, 3.63) is 42.1 Å². The van der Waals surface area contributed by atoms with E-state index < -0.39 is 0 Å². The summed E-state index contributed by atoms with van der Waals surface area (Å²) >= 11 is 0. The molecule has 1 atom stereocenters. The number of ether oxygens (including phenoxy) is 1. The van der Waals surface area contributed by atoms with Crippen molar-refractivity contribution in [2.75, 3.05) is 13.1 Å². The summed E-state index contributed by atoms with van der Waals surface area (Å²) in [6, 6.07) is 3.69. The molecule has 3 rings (SSSR count). The Bertz CT molecular complexity index is 704. The lowest BCUT2D eigenvalue weighted by Gasteiger charge is -2.32. The molecule has 2 aromatic rings. The number of carbonyl (C=O) groups is 1. The second-order valence-corrected chi connectivity index (χ2v) is 5.74. The number of nitrogens with zero attached hydrogens (tertiary/aromatic N) is 4. The first-order valence-corrected chi connectivity index (χ1v) is 7.81. The first-order valence-electron chi connectivity index (χ1n) is 7.81. The molecule has 2 aromatic heterocycles. The summed E-state index contributed by atoms with van der Waals surface area (Å²) in [6.07, 6.45) is 6.96. The van der Waals surface area contributed by atoms with Gasteiger partial charge in [0.15, 0.2) is 5.75 Å². The fraction of sp³-hybridized carbons (Fsp3) is 0.412. The van der Waals surface area contributed by atoms with Gasteiger partial charge in [-0.15, -0.1) is 0 Å². The van der Waals surface area contributed by atoms with Gasteiger partial charge in [0.25, 0.3) is 0 Å². The Hall–Kier alpha value is -2.50. The Morgan fingerprint density at radius 3 is 2.87 bits per heavy atom. The quantitative estimate of drug-likeness (QED) is 0.871. The second kappa shape index (κ2) is 6.73. The molecular weight excluding hydrogens is 292 g/mol. The van der Waals surface area contributed by atoms with Crippen LogP contribution in [0.5, 0.6) is 11.6 Å². The maximum atomic E-state index is 11.6. The van der Waals surface area contributed by atoms with E-state index in [1.54, 1.807) is 25.5 Å². The van der Waals surface area contributed by atoms with Gasteiger partial charge >= 0.3 is 0 Å². The maximum Gasteiger partial charge on any atom is 0.241 e. The summed E-state index contributed by atoms with van der Waals surface area (Å²) in [5.41, 5.74) is 1.61. The topological polar surface area (TPSA) is 68.2 Å². The molecule has 1 aliphatic rings. The van der Waals surface area contributed by atoms with E-state index in [9.17, 15) is 4.79 Å². The molecule has 0 aliphatic carbocycles. The number of aryl methyl sites for hydroxylation is 1. The van der Waals surface area contributed by atoms with Gasteiger partial charge in [-0.25, -0.2) is 4.98 Å². The summed E-state index contributed by atoms with van der Waals surface area (Å²) in [4.78, 5) is 26.6. The Morgan fingerprint density at radius 1 is 1.26 bits per heavy atom. The van der Waals surface area contributed by atoms with Crippen molar-refractivity contribution in [1.82, 2.24) is 19.9 Å². The molecule has 23 heavy (non-hydrogen) atoms. The zero-order valence-electron chi connectivity index (χ0n) is 13.4. The lowest BCUT2D eigenvalue weighted by molar-refractivity contribution is -0.130. The van der Waals surface area contributed by atoms with Gasteiger partial charge in [0.05, 0.1) is 5.69 Å². The van der Waals surface area contributed by atoms with E-state index in [1.165, 1.54) is 0 Å². The van der Waals surface area contributed by atoms with Gasteiger partial charge in [0.2, 0.25) is 11.8 Å². The summed E-state index contributed by atoms with van der Waals surface area (Å²) in [5, 5.41) is 0. The van der Waals surface area contributed by atoms with Gasteiger partial charge in [-0.1, -0.05) is 0 Å². The Labute approximate surface area is 135 Å². The summed E-state index contributed by atoms with van der Waals surface area (Å²) in [7, 11) is 0. The molecule has 6 nitrogen and oxygen atoms in total. The normalized spacial score (nSPS) is 17.8. The molecule has 3 heterocycles. The van der Waals surface area contributed by atoms with Crippen LogP contribution in [0, 0.1) is 6.92 Å². The number of hydrogen-bond acceptors (Lipinski definition) is 5. The first-order chi connectivity index (χ1) is 11.1. The van der Waals surface area contributed by atoms with Crippen LogP contribution < -0.4 is 4.74 Å². The third kappa shape index (κ3) is 3.47. The molecule has 0 bridgehead atoms. The number of carbonyl (C=O) groups excluding carboxylic acids is 1. The summed E-state index contributed by atoms with van der Waals surface area (Å²) in [5.74, 6) is 1.42. The van der Waals surface area contributed by atoms with Gasteiger partial charge in [0.1, 0.15) is 5.69 Å². The lowest BCUT2D eigenvalue weighted by atomic mass is 9.94. The molecular formula is C17H20N4O2. The number of likely N-dealkylation sites (tertiary alicyclic amines) is 1. The van der Waals surface area contributed by atoms with E-state index >= 15 is 0 Å². The van der Waals surface area contributed by atoms with E-state index in [2.05, 4.69) is 15.0 Å². The van der Waals surface area contributed by atoms with Gasteiger partial charge in [-0.3, -0.25) is 14.8 Å². The molecule has 1 saturated heterocycles.